The minimum atomic E-state index is -4.53. The average molecular weight is 461 g/mol. The van der Waals surface area contributed by atoms with Crippen molar-refractivity contribution in [2.24, 2.45) is 0 Å². The van der Waals surface area contributed by atoms with Gasteiger partial charge in [-0.1, -0.05) is 18.9 Å². The van der Waals surface area contributed by atoms with Gasteiger partial charge in [-0.2, -0.15) is 18.2 Å². The zero-order valence-electron chi connectivity index (χ0n) is 18.5. The van der Waals surface area contributed by atoms with E-state index in [4.69, 9.17) is 4.74 Å². The normalized spacial score (nSPS) is 20.8. The van der Waals surface area contributed by atoms with Gasteiger partial charge in [-0.15, -0.1) is 5.10 Å². The van der Waals surface area contributed by atoms with E-state index in [2.05, 4.69) is 30.6 Å². The van der Waals surface area contributed by atoms with Crippen molar-refractivity contribution in [1.29, 1.82) is 0 Å². The summed E-state index contributed by atoms with van der Waals surface area (Å²) in [7, 11) is 0. The van der Waals surface area contributed by atoms with E-state index in [1.165, 1.54) is 12.8 Å². The molecule has 11 heteroatoms. The van der Waals surface area contributed by atoms with Crippen molar-refractivity contribution in [1.82, 2.24) is 19.6 Å². The highest BCUT2D eigenvalue weighted by molar-refractivity contribution is 5.69. The van der Waals surface area contributed by atoms with Crippen molar-refractivity contribution in [3.05, 3.63) is 36.2 Å². The lowest BCUT2D eigenvalue weighted by atomic mass is 9.94. The molecule has 0 amide bonds. The number of aromatic nitrogens is 4. The molecule has 33 heavy (non-hydrogen) atoms. The molecule has 2 aliphatic rings. The van der Waals surface area contributed by atoms with Gasteiger partial charge >= 0.3 is 6.18 Å². The summed E-state index contributed by atoms with van der Waals surface area (Å²) in [6.45, 7) is 5.10. The van der Waals surface area contributed by atoms with Gasteiger partial charge in [0.05, 0.1) is 5.60 Å². The Morgan fingerprint density at radius 2 is 1.91 bits per heavy atom. The van der Waals surface area contributed by atoms with E-state index >= 15 is 0 Å². The summed E-state index contributed by atoms with van der Waals surface area (Å²) >= 11 is 0. The second-order valence-corrected chi connectivity index (χ2v) is 8.94. The molecule has 0 saturated carbocycles. The Bertz CT molecular complexity index is 1150. The molecule has 1 saturated heterocycles. The number of ether oxygens (including phenoxy) is 1. The van der Waals surface area contributed by atoms with Crippen LogP contribution in [0.3, 0.4) is 0 Å². The molecule has 0 bridgehead atoms. The molecule has 2 N–H and O–H groups in total. The van der Waals surface area contributed by atoms with Crippen molar-refractivity contribution in [3.63, 3.8) is 0 Å². The molecule has 176 valence electrons. The monoisotopic (exact) mass is 461 g/mol. The van der Waals surface area contributed by atoms with Gasteiger partial charge in [0.1, 0.15) is 0 Å². The van der Waals surface area contributed by atoms with E-state index in [0.29, 0.717) is 28.5 Å². The molecule has 1 atom stereocenters. The van der Waals surface area contributed by atoms with E-state index in [-0.39, 0.29) is 0 Å². The maximum Gasteiger partial charge on any atom is 0.433 e. The molecular weight excluding hydrogens is 435 g/mol. The predicted octanol–water partition coefficient (Wildman–Crippen LogP) is 4.81. The maximum absolute atomic E-state index is 13.3. The molecule has 0 aliphatic carbocycles. The SMILES string of the molecule is CC1(C)OC(C(F)(F)F)Nc2cc(Nc3nc4c(N5CCCCCC5)nccn4n3)ccc21. The number of nitrogens with one attached hydrogen (secondary N) is 2. The highest BCUT2D eigenvalue weighted by Gasteiger charge is 2.47. The third kappa shape index (κ3) is 4.29. The zero-order valence-corrected chi connectivity index (χ0v) is 18.5. The first-order valence-corrected chi connectivity index (χ1v) is 11.1. The van der Waals surface area contributed by atoms with Crippen LogP contribution in [0.25, 0.3) is 5.65 Å². The fraction of sp³-hybridized carbons (Fsp3) is 0.500. The zero-order chi connectivity index (χ0) is 23.2. The summed E-state index contributed by atoms with van der Waals surface area (Å²) < 4.78 is 46.9. The first-order chi connectivity index (χ1) is 15.7. The predicted molar refractivity (Wildman–Crippen MR) is 119 cm³/mol. The summed E-state index contributed by atoms with van der Waals surface area (Å²) in [6.07, 6.45) is 1.48. The molecule has 1 aromatic carbocycles. The lowest BCUT2D eigenvalue weighted by Crippen LogP contribution is -2.47. The average Bonchev–Trinajstić information content (AvgIpc) is 2.97. The first kappa shape index (κ1) is 21.7. The molecule has 4 heterocycles. The molecule has 2 aliphatic heterocycles. The van der Waals surface area contributed by atoms with Crippen LogP contribution >= 0.6 is 0 Å². The van der Waals surface area contributed by atoms with Gasteiger partial charge in [-0.25, -0.2) is 9.50 Å². The highest BCUT2D eigenvalue weighted by atomic mass is 19.4. The van der Waals surface area contributed by atoms with Gasteiger partial charge < -0.3 is 20.3 Å². The summed E-state index contributed by atoms with van der Waals surface area (Å²) in [5, 5.41) is 10.1. The molecule has 2 aromatic heterocycles. The lowest BCUT2D eigenvalue weighted by Gasteiger charge is -2.39. The molecule has 1 fully saturated rings. The quantitative estimate of drug-likeness (QED) is 0.579. The van der Waals surface area contributed by atoms with Gasteiger partial charge in [-0.3, -0.25) is 0 Å². The number of halogens is 3. The molecule has 0 radical (unpaired) electrons. The molecule has 1 unspecified atom stereocenters. The number of rotatable bonds is 3. The number of alkyl halides is 3. The number of hydrogen-bond donors (Lipinski definition) is 2. The third-order valence-electron chi connectivity index (χ3n) is 6.06. The fourth-order valence-corrected chi connectivity index (χ4v) is 4.44. The highest BCUT2D eigenvalue weighted by Crippen LogP contribution is 2.42. The van der Waals surface area contributed by atoms with Gasteiger partial charge in [0.2, 0.25) is 12.2 Å². The van der Waals surface area contributed by atoms with Crippen molar-refractivity contribution in [3.8, 4) is 0 Å². The smallest absolute Gasteiger partial charge is 0.353 e. The van der Waals surface area contributed by atoms with Crippen LogP contribution in [-0.4, -0.2) is 45.1 Å². The van der Waals surface area contributed by atoms with Crippen molar-refractivity contribution < 1.29 is 17.9 Å². The Hall–Kier alpha value is -3.08. The van der Waals surface area contributed by atoms with Crippen LogP contribution in [0, 0.1) is 0 Å². The standard InChI is InChI=1S/C22H26F3N7O/c1-21(2)15-8-7-14(13-16(15)28-19(33-21)22(23,24)25)27-20-29-18-17(26-9-12-32(18)30-20)31-10-5-3-4-6-11-31/h7-9,12-13,19,28H,3-6,10-11H2,1-2H3,(H,27,30). The Morgan fingerprint density at radius 1 is 1.15 bits per heavy atom. The molecule has 3 aromatic rings. The maximum atomic E-state index is 13.3. The summed E-state index contributed by atoms with van der Waals surface area (Å²) in [6, 6.07) is 5.15. The third-order valence-corrected chi connectivity index (χ3v) is 6.06. The first-order valence-electron chi connectivity index (χ1n) is 11.1. The Kier molecular flexibility index (Phi) is 5.31. The largest absolute Gasteiger partial charge is 0.433 e. The fourth-order valence-electron chi connectivity index (χ4n) is 4.44. The number of nitrogens with zero attached hydrogens (tertiary/aromatic N) is 5. The van der Waals surface area contributed by atoms with Crippen LogP contribution in [0.4, 0.5) is 36.3 Å². The summed E-state index contributed by atoms with van der Waals surface area (Å²) in [4.78, 5) is 11.4. The van der Waals surface area contributed by atoms with Gasteiger partial charge in [0, 0.05) is 42.4 Å². The minimum Gasteiger partial charge on any atom is -0.353 e. The lowest BCUT2D eigenvalue weighted by molar-refractivity contribution is -0.243. The Morgan fingerprint density at radius 3 is 2.64 bits per heavy atom. The van der Waals surface area contributed by atoms with Crippen LogP contribution in [0.5, 0.6) is 0 Å². The van der Waals surface area contributed by atoms with Gasteiger partial charge in [0.15, 0.2) is 11.5 Å². The number of anilines is 4. The number of hydrogen-bond acceptors (Lipinski definition) is 7. The molecule has 5 rings (SSSR count). The van der Waals surface area contributed by atoms with E-state index in [0.717, 1.165) is 31.7 Å². The Labute approximate surface area is 189 Å². The van der Waals surface area contributed by atoms with Crippen molar-refractivity contribution in [2.75, 3.05) is 28.6 Å². The second kappa shape index (κ2) is 8.05. The van der Waals surface area contributed by atoms with Crippen LogP contribution in [0.15, 0.2) is 30.6 Å². The van der Waals surface area contributed by atoms with Gasteiger partial charge in [-0.05, 0) is 38.8 Å². The second-order valence-electron chi connectivity index (χ2n) is 8.94. The summed E-state index contributed by atoms with van der Waals surface area (Å²) in [5.41, 5.74) is 1.12. The van der Waals surface area contributed by atoms with E-state index in [1.54, 1.807) is 49.0 Å². The molecule has 0 spiro atoms. The van der Waals surface area contributed by atoms with Crippen molar-refractivity contribution >= 4 is 28.8 Å². The van der Waals surface area contributed by atoms with Crippen molar-refractivity contribution in [2.45, 2.75) is 57.5 Å². The topological polar surface area (TPSA) is 79.6 Å². The summed E-state index contributed by atoms with van der Waals surface area (Å²) in [5.74, 6) is 1.14. The molecular formula is C22H26F3N7O. The van der Waals surface area contributed by atoms with Crippen LogP contribution in [0.2, 0.25) is 0 Å². The molecule has 8 nitrogen and oxygen atoms in total. The number of benzene rings is 1. The van der Waals surface area contributed by atoms with Crippen LogP contribution in [-0.2, 0) is 10.3 Å². The van der Waals surface area contributed by atoms with E-state index in [1.807, 2.05) is 0 Å². The van der Waals surface area contributed by atoms with E-state index in [9.17, 15) is 13.2 Å². The van der Waals surface area contributed by atoms with E-state index < -0.39 is 18.0 Å². The Balaban J connectivity index is 1.43. The van der Waals surface area contributed by atoms with Crippen LogP contribution < -0.4 is 15.5 Å². The van der Waals surface area contributed by atoms with Crippen LogP contribution in [0.1, 0.15) is 45.1 Å². The number of fused-ring (bicyclic) bond motifs is 2. The van der Waals surface area contributed by atoms with Gasteiger partial charge in [0.25, 0.3) is 0 Å². The minimum absolute atomic E-state index is 0.345.